The normalized spacial score (nSPS) is 11.2. The Morgan fingerprint density at radius 2 is 1.80 bits per heavy atom. The molecule has 3 rings (SSSR count). The molecule has 1 heterocycles. The predicted octanol–water partition coefficient (Wildman–Crippen LogP) is 3.91. The quantitative estimate of drug-likeness (QED) is 0.553. The number of fused-ring (bicyclic) bond motifs is 1. The Morgan fingerprint density at radius 3 is 2.37 bits per heavy atom. The van der Waals surface area contributed by atoms with E-state index in [4.69, 9.17) is 21.1 Å². The van der Waals surface area contributed by atoms with E-state index in [0.717, 1.165) is 0 Å². The number of aromatic nitrogens is 1. The van der Waals surface area contributed by atoms with Crippen molar-refractivity contribution >= 4 is 34.4 Å². The van der Waals surface area contributed by atoms with Gasteiger partial charge in [-0.05, 0) is 50.0 Å². The van der Waals surface area contributed by atoms with Crippen LogP contribution in [0.1, 0.15) is 21.6 Å². The van der Waals surface area contributed by atoms with Crippen LogP contribution in [0.3, 0.4) is 0 Å². The lowest BCUT2D eigenvalue weighted by Gasteiger charge is -2.15. The minimum atomic E-state index is -0.603. The second-order valence-electron chi connectivity index (χ2n) is 7.07. The lowest BCUT2D eigenvalue weighted by Crippen LogP contribution is -2.21. The molecule has 2 aromatic carbocycles. The van der Waals surface area contributed by atoms with E-state index in [2.05, 4.69) is 0 Å². The van der Waals surface area contributed by atoms with Crippen LogP contribution in [-0.4, -0.2) is 49.7 Å². The molecule has 0 aliphatic carbocycles. The molecule has 0 radical (unpaired) electrons. The van der Waals surface area contributed by atoms with Gasteiger partial charge in [-0.1, -0.05) is 11.6 Å². The van der Waals surface area contributed by atoms with E-state index in [9.17, 15) is 14.0 Å². The number of ether oxygens (including phenoxy) is 2. The highest BCUT2D eigenvalue weighted by Gasteiger charge is 2.26. The Labute approximate surface area is 178 Å². The largest absolute Gasteiger partial charge is 0.494 e. The second-order valence-corrected chi connectivity index (χ2v) is 7.50. The van der Waals surface area contributed by atoms with Crippen LogP contribution in [0, 0.1) is 5.82 Å². The summed E-state index contributed by atoms with van der Waals surface area (Å²) < 4.78 is 26.0. The Kier molecular flexibility index (Phi) is 6.43. The summed E-state index contributed by atoms with van der Waals surface area (Å²) in [5.41, 5.74) is 1.90. The Balaban J connectivity index is 2.34. The average molecular weight is 433 g/mol. The average Bonchev–Trinajstić information content (AvgIpc) is 2.98. The summed E-state index contributed by atoms with van der Waals surface area (Å²) in [6, 6.07) is 9.21. The number of halogens is 2. The van der Waals surface area contributed by atoms with Crippen LogP contribution >= 0.6 is 11.6 Å². The van der Waals surface area contributed by atoms with E-state index in [-0.39, 0.29) is 18.1 Å². The fourth-order valence-electron chi connectivity index (χ4n) is 3.39. The summed E-state index contributed by atoms with van der Waals surface area (Å²) in [5, 5.41) is 1.05. The summed E-state index contributed by atoms with van der Waals surface area (Å²) in [5.74, 6) is -1.39. The number of benzene rings is 2. The molecule has 30 heavy (non-hydrogen) atoms. The van der Waals surface area contributed by atoms with Gasteiger partial charge >= 0.3 is 5.97 Å². The first-order chi connectivity index (χ1) is 14.3. The second kappa shape index (κ2) is 8.85. The van der Waals surface area contributed by atoms with Gasteiger partial charge in [0.2, 0.25) is 0 Å². The molecule has 158 valence electrons. The molecule has 0 bridgehead atoms. The number of hydrogen-bond acceptors (Lipinski definition) is 5. The van der Waals surface area contributed by atoms with Gasteiger partial charge < -0.3 is 14.4 Å². The predicted molar refractivity (Wildman–Crippen MR) is 113 cm³/mol. The maximum atomic E-state index is 14.6. The first kappa shape index (κ1) is 21.8. The maximum Gasteiger partial charge on any atom is 0.310 e. The van der Waals surface area contributed by atoms with Crippen LogP contribution in [-0.2, 0) is 22.5 Å². The summed E-state index contributed by atoms with van der Waals surface area (Å²) in [7, 11) is 6.35. The highest BCUT2D eigenvalue weighted by Crippen LogP contribution is 2.33. The van der Waals surface area contributed by atoms with Crippen LogP contribution in [0.2, 0.25) is 5.02 Å². The van der Waals surface area contributed by atoms with E-state index >= 15 is 0 Å². The molecule has 0 aliphatic heterocycles. The summed E-state index contributed by atoms with van der Waals surface area (Å²) in [6.07, 6.45) is -0.0636. The minimum Gasteiger partial charge on any atom is -0.494 e. The minimum absolute atomic E-state index is 0.0288. The molecule has 3 aromatic rings. The summed E-state index contributed by atoms with van der Waals surface area (Å²) in [4.78, 5) is 27.4. The van der Waals surface area contributed by atoms with Crippen molar-refractivity contribution < 1.29 is 23.5 Å². The van der Waals surface area contributed by atoms with Gasteiger partial charge in [-0.25, -0.2) is 4.39 Å². The molecular weight excluding hydrogens is 411 g/mol. The number of carbonyl (C=O) groups is 2. The number of rotatable bonds is 6. The number of carbonyl (C=O) groups excluding carboxylic acids is 2. The van der Waals surface area contributed by atoms with Crippen molar-refractivity contribution in [1.29, 1.82) is 0 Å². The zero-order valence-electron chi connectivity index (χ0n) is 17.2. The molecular formula is C22H22ClFN2O4. The molecule has 1 aromatic heterocycles. The number of nitrogens with zero attached hydrogens (tertiary/aromatic N) is 2. The van der Waals surface area contributed by atoms with Gasteiger partial charge in [0.1, 0.15) is 0 Å². The number of hydrogen-bond donors (Lipinski definition) is 0. The number of methoxy groups -OCH3 is 2. The highest BCUT2D eigenvalue weighted by molar-refractivity contribution is 6.30. The van der Waals surface area contributed by atoms with Gasteiger partial charge in [-0.2, -0.15) is 0 Å². The molecule has 8 heteroatoms. The van der Waals surface area contributed by atoms with E-state index in [1.165, 1.54) is 30.9 Å². The summed E-state index contributed by atoms with van der Waals surface area (Å²) >= 11 is 5.95. The van der Waals surface area contributed by atoms with Crippen molar-refractivity contribution in [2.45, 2.75) is 13.0 Å². The first-order valence-electron chi connectivity index (χ1n) is 9.18. The molecule has 0 saturated carbocycles. The Morgan fingerprint density at radius 1 is 1.13 bits per heavy atom. The third-order valence-electron chi connectivity index (χ3n) is 4.76. The van der Waals surface area contributed by atoms with Gasteiger partial charge in [0, 0.05) is 34.3 Å². The molecule has 0 atom stereocenters. The molecule has 0 fully saturated rings. The van der Waals surface area contributed by atoms with Crippen molar-refractivity contribution in [1.82, 2.24) is 9.47 Å². The van der Waals surface area contributed by atoms with Crippen LogP contribution in [0.15, 0.2) is 36.4 Å². The topological polar surface area (TPSA) is 60.8 Å². The van der Waals surface area contributed by atoms with Crippen molar-refractivity contribution in [2.75, 3.05) is 28.3 Å². The molecule has 0 N–H and O–H groups in total. The molecule has 0 amide bonds. The number of esters is 1. The third kappa shape index (κ3) is 4.17. The van der Waals surface area contributed by atoms with Crippen LogP contribution in [0.25, 0.3) is 10.9 Å². The Hall–Kier alpha value is -2.90. The van der Waals surface area contributed by atoms with E-state index in [1.54, 1.807) is 24.3 Å². The highest BCUT2D eigenvalue weighted by atomic mass is 35.5. The lowest BCUT2D eigenvalue weighted by molar-refractivity contribution is -0.139. The van der Waals surface area contributed by atoms with Crippen molar-refractivity contribution in [3.63, 3.8) is 0 Å². The maximum absolute atomic E-state index is 14.6. The van der Waals surface area contributed by atoms with Gasteiger partial charge in [-0.15, -0.1) is 0 Å². The lowest BCUT2D eigenvalue weighted by atomic mass is 10.1. The van der Waals surface area contributed by atoms with Gasteiger partial charge in [0.15, 0.2) is 11.6 Å². The zero-order chi connectivity index (χ0) is 22.0. The van der Waals surface area contributed by atoms with E-state index in [1.807, 2.05) is 19.0 Å². The van der Waals surface area contributed by atoms with Gasteiger partial charge in [0.05, 0.1) is 26.2 Å². The standard InChI is InChI=1S/C22H22ClFN2O4/c1-25(2)12-19-16(10-21(27)30-4)15-9-20(29-3)17(24)11-18(15)26(19)22(28)13-5-7-14(23)8-6-13/h5-9,11H,10,12H2,1-4H3. The molecule has 0 aliphatic rings. The SMILES string of the molecule is COC(=O)Cc1c(CN(C)C)n(C(=O)c2ccc(Cl)cc2)c2cc(F)c(OC)cc12. The van der Waals surface area contributed by atoms with Crippen molar-refractivity contribution in [2.24, 2.45) is 0 Å². The molecule has 0 unspecified atom stereocenters. The van der Waals surface area contributed by atoms with Crippen molar-refractivity contribution in [3.05, 3.63) is 64.1 Å². The fourth-order valence-corrected chi connectivity index (χ4v) is 3.52. The summed E-state index contributed by atoms with van der Waals surface area (Å²) in [6.45, 7) is 0.351. The van der Waals surface area contributed by atoms with E-state index < -0.39 is 11.8 Å². The molecule has 0 saturated heterocycles. The molecule has 6 nitrogen and oxygen atoms in total. The van der Waals surface area contributed by atoms with Gasteiger partial charge in [0.25, 0.3) is 5.91 Å². The van der Waals surface area contributed by atoms with Crippen molar-refractivity contribution in [3.8, 4) is 5.75 Å². The Bertz CT molecular complexity index is 1110. The smallest absolute Gasteiger partial charge is 0.310 e. The first-order valence-corrected chi connectivity index (χ1v) is 9.56. The van der Waals surface area contributed by atoms with E-state index in [0.29, 0.717) is 39.3 Å². The monoisotopic (exact) mass is 432 g/mol. The van der Waals surface area contributed by atoms with Crippen LogP contribution in [0.5, 0.6) is 5.75 Å². The fraction of sp³-hybridized carbons (Fsp3) is 0.273. The van der Waals surface area contributed by atoms with Gasteiger partial charge in [-0.3, -0.25) is 14.2 Å². The van der Waals surface area contributed by atoms with Crippen LogP contribution in [0.4, 0.5) is 4.39 Å². The third-order valence-corrected chi connectivity index (χ3v) is 5.02. The van der Waals surface area contributed by atoms with Crippen LogP contribution < -0.4 is 4.74 Å². The zero-order valence-corrected chi connectivity index (χ0v) is 17.9. The molecule has 0 spiro atoms.